The summed E-state index contributed by atoms with van der Waals surface area (Å²) in [6, 6.07) is 3.84. The maximum atomic E-state index is 13.0. The highest BCUT2D eigenvalue weighted by Gasteiger charge is 2.50. The van der Waals surface area contributed by atoms with Gasteiger partial charge in [-0.3, -0.25) is 4.99 Å². The van der Waals surface area contributed by atoms with Gasteiger partial charge < -0.3 is 5.11 Å². The topological polar surface area (TPSA) is 55.7 Å². The zero-order valence-electron chi connectivity index (χ0n) is 17.4. The molecule has 0 saturated heterocycles. The number of hydroxylamine groups is 2. The Kier molecular flexibility index (Phi) is 4.33. The Balaban J connectivity index is 2.76. The summed E-state index contributed by atoms with van der Waals surface area (Å²) in [4.78, 5) is 4.75. The number of aliphatic imine (C=N–C) groups is 1. The monoisotopic (exact) mass is 345 g/mol. The molecule has 0 aliphatic carbocycles. The number of benzene rings is 1. The van der Waals surface area contributed by atoms with Crippen molar-refractivity contribution in [3.05, 3.63) is 28.8 Å². The zero-order chi connectivity index (χ0) is 19.6. The molecule has 1 N–H and O–H groups in total. The van der Waals surface area contributed by atoms with Crippen LogP contribution in [0.25, 0.3) is 0 Å². The lowest BCUT2D eigenvalue weighted by Gasteiger charge is -2.35. The van der Waals surface area contributed by atoms with Gasteiger partial charge in [0.25, 0.3) is 0 Å². The molecule has 1 radical (unpaired) electrons. The van der Waals surface area contributed by atoms with Gasteiger partial charge in [0.15, 0.2) is 5.84 Å². The summed E-state index contributed by atoms with van der Waals surface area (Å²) in [6.45, 7) is 20.2. The fourth-order valence-electron chi connectivity index (χ4n) is 3.05. The van der Waals surface area contributed by atoms with Crippen LogP contribution in [0.2, 0.25) is 0 Å². The van der Waals surface area contributed by atoms with E-state index in [1.165, 1.54) is 0 Å². The Bertz CT molecular complexity index is 681. The van der Waals surface area contributed by atoms with Crippen LogP contribution in [0.4, 0.5) is 0 Å². The molecule has 139 valence electrons. The average molecular weight is 346 g/mol. The van der Waals surface area contributed by atoms with Gasteiger partial charge in [-0.15, -0.1) is 0 Å². The minimum atomic E-state index is -0.621. The molecule has 4 nitrogen and oxygen atoms in total. The van der Waals surface area contributed by atoms with Crippen molar-refractivity contribution in [1.29, 1.82) is 0 Å². The minimum absolute atomic E-state index is 0.238. The number of aromatic hydroxyl groups is 1. The standard InChI is InChI=1S/C21H33N2O2/c1-18(2,3)14-11-13(12-15(16(14)24)19(4,5)6)17-22-20(7,8)21(9,10)23(17)25/h11-12,24H,1-10H3. The number of rotatable bonds is 1. The Morgan fingerprint density at radius 3 is 1.60 bits per heavy atom. The first kappa shape index (κ1) is 19.8. The summed E-state index contributed by atoms with van der Waals surface area (Å²) in [5.74, 6) is 0.768. The Labute approximate surface area is 152 Å². The smallest absolute Gasteiger partial charge is 0.159 e. The Morgan fingerprint density at radius 1 is 0.920 bits per heavy atom. The number of hydrogen-bond donors (Lipinski definition) is 1. The summed E-state index contributed by atoms with van der Waals surface area (Å²) in [6.07, 6.45) is 0. The molecule has 1 aliphatic rings. The molecule has 0 bridgehead atoms. The molecule has 0 fully saturated rings. The van der Waals surface area contributed by atoms with Gasteiger partial charge in [0.1, 0.15) is 5.75 Å². The molecule has 4 heteroatoms. The molecule has 1 aliphatic heterocycles. The lowest BCUT2D eigenvalue weighted by Crippen LogP contribution is -2.50. The highest BCUT2D eigenvalue weighted by Crippen LogP contribution is 2.43. The van der Waals surface area contributed by atoms with E-state index >= 15 is 0 Å². The molecule has 0 amide bonds. The third kappa shape index (κ3) is 3.17. The van der Waals surface area contributed by atoms with Crippen molar-refractivity contribution >= 4 is 5.84 Å². The first-order valence-electron chi connectivity index (χ1n) is 8.96. The maximum Gasteiger partial charge on any atom is 0.159 e. The fourth-order valence-corrected chi connectivity index (χ4v) is 3.05. The normalized spacial score (nSPS) is 20.0. The molecule has 2 rings (SSSR count). The van der Waals surface area contributed by atoms with E-state index in [-0.39, 0.29) is 10.8 Å². The molecule has 25 heavy (non-hydrogen) atoms. The van der Waals surface area contributed by atoms with Crippen LogP contribution in [0.3, 0.4) is 0 Å². The first-order valence-corrected chi connectivity index (χ1v) is 8.96. The van der Waals surface area contributed by atoms with Gasteiger partial charge in [0, 0.05) is 16.7 Å². The van der Waals surface area contributed by atoms with Crippen LogP contribution in [-0.4, -0.2) is 27.1 Å². The lowest BCUT2D eigenvalue weighted by molar-refractivity contribution is -0.158. The van der Waals surface area contributed by atoms with E-state index in [0.717, 1.165) is 21.8 Å². The van der Waals surface area contributed by atoms with E-state index in [2.05, 4.69) is 41.5 Å². The van der Waals surface area contributed by atoms with E-state index < -0.39 is 11.1 Å². The lowest BCUT2D eigenvalue weighted by atomic mass is 9.78. The zero-order valence-corrected chi connectivity index (χ0v) is 17.4. The van der Waals surface area contributed by atoms with Gasteiger partial charge in [-0.1, -0.05) is 46.7 Å². The second kappa shape index (κ2) is 5.47. The molecule has 0 spiro atoms. The molecule has 0 saturated carbocycles. The van der Waals surface area contributed by atoms with E-state index in [1.54, 1.807) is 0 Å². The van der Waals surface area contributed by atoms with Crippen LogP contribution in [0.1, 0.15) is 85.9 Å². The number of amidine groups is 1. The van der Waals surface area contributed by atoms with Crippen molar-refractivity contribution in [1.82, 2.24) is 5.06 Å². The number of phenolic OH excluding ortho intramolecular Hbond substituents is 1. The summed E-state index contributed by atoms with van der Waals surface area (Å²) in [7, 11) is 0. The van der Waals surface area contributed by atoms with Crippen LogP contribution in [0.5, 0.6) is 5.75 Å². The third-order valence-electron chi connectivity index (χ3n) is 5.57. The Morgan fingerprint density at radius 2 is 1.32 bits per heavy atom. The van der Waals surface area contributed by atoms with Crippen LogP contribution >= 0.6 is 0 Å². The molecular formula is C21H33N2O2. The van der Waals surface area contributed by atoms with Crippen molar-refractivity contribution in [3.63, 3.8) is 0 Å². The summed E-state index contributed by atoms with van der Waals surface area (Å²) in [5.41, 5.74) is 0.884. The summed E-state index contributed by atoms with van der Waals surface area (Å²) in [5, 5.41) is 24.9. The van der Waals surface area contributed by atoms with Gasteiger partial charge in [-0.25, -0.2) is 0 Å². The minimum Gasteiger partial charge on any atom is -0.507 e. The van der Waals surface area contributed by atoms with Crippen LogP contribution in [0, 0.1) is 0 Å². The molecule has 1 heterocycles. The van der Waals surface area contributed by atoms with E-state index in [4.69, 9.17) is 4.99 Å². The van der Waals surface area contributed by atoms with E-state index in [1.807, 2.05) is 39.8 Å². The predicted octanol–water partition coefficient (Wildman–Crippen LogP) is 4.95. The second-order valence-corrected chi connectivity index (χ2v) is 10.3. The molecule has 0 atom stereocenters. The molecule has 1 aromatic carbocycles. The molecule has 1 aromatic rings. The van der Waals surface area contributed by atoms with Crippen LogP contribution in [-0.2, 0) is 16.0 Å². The fraction of sp³-hybridized carbons (Fsp3) is 0.667. The summed E-state index contributed by atoms with van der Waals surface area (Å²) < 4.78 is 0. The van der Waals surface area contributed by atoms with E-state index in [0.29, 0.717) is 11.6 Å². The largest absolute Gasteiger partial charge is 0.507 e. The van der Waals surface area contributed by atoms with Crippen molar-refractivity contribution in [2.75, 3.05) is 0 Å². The van der Waals surface area contributed by atoms with E-state index in [9.17, 15) is 10.3 Å². The molecule has 0 aromatic heterocycles. The number of phenols is 1. The summed E-state index contributed by atoms with van der Waals surface area (Å²) >= 11 is 0. The average Bonchev–Trinajstić information content (AvgIpc) is 2.56. The highest BCUT2D eigenvalue weighted by atomic mass is 16.5. The highest BCUT2D eigenvalue weighted by molar-refractivity contribution is 6.01. The third-order valence-corrected chi connectivity index (χ3v) is 5.57. The van der Waals surface area contributed by atoms with Gasteiger partial charge in [-0.05, 0) is 50.7 Å². The first-order chi connectivity index (χ1) is 11.0. The van der Waals surface area contributed by atoms with Gasteiger partial charge >= 0.3 is 0 Å². The second-order valence-electron chi connectivity index (χ2n) is 10.3. The van der Waals surface area contributed by atoms with Gasteiger partial charge in [-0.2, -0.15) is 5.06 Å². The molecule has 0 unspecified atom stereocenters. The predicted molar refractivity (Wildman–Crippen MR) is 103 cm³/mol. The Hall–Kier alpha value is -1.55. The van der Waals surface area contributed by atoms with Gasteiger partial charge in [0.05, 0.1) is 11.1 Å². The SMILES string of the molecule is CC(C)(C)c1cc(C2=NC(C)(C)C(C)(C)N2[O])cc(C(C)(C)C)c1O. The van der Waals surface area contributed by atoms with Crippen molar-refractivity contribution in [2.24, 2.45) is 4.99 Å². The maximum absolute atomic E-state index is 13.0. The van der Waals surface area contributed by atoms with Crippen LogP contribution in [0.15, 0.2) is 17.1 Å². The van der Waals surface area contributed by atoms with Crippen LogP contribution < -0.4 is 0 Å². The van der Waals surface area contributed by atoms with Crippen molar-refractivity contribution < 1.29 is 10.3 Å². The number of nitrogens with zero attached hydrogens (tertiary/aromatic N) is 2. The molecular weight excluding hydrogens is 312 g/mol. The van der Waals surface area contributed by atoms with Crippen molar-refractivity contribution in [3.8, 4) is 5.75 Å². The quantitative estimate of drug-likeness (QED) is 0.783. The number of hydrogen-bond acceptors (Lipinski definition) is 3. The van der Waals surface area contributed by atoms with Gasteiger partial charge in [0.2, 0.25) is 0 Å². The van der Waals surface area contributed by atoms with Crippen molar-refractivity contribution in [2.45, 2.75) is 91.1 Å².